The monoisotopic (exact) mass is 307 g/mol. The Labute approximate surface area is 129 Å². The topological polar surface area (TPSA) is 72.0 Å². The van der Waals surface area contributed by atoms with E-state index in [1.807, 2.05) is 13.8 Å². The van der Waals surface area contributed by atoms with E-state index in [9.17, 15) is 9.59 Å². The lowest BCUT2D eigenvalue weighted by molar-refractivity contribution is -0.118. The highest BCUT2D eigenvalue weighted by molar-refractivity contribution is 8.00. The first-order valence-electron chi connectivity index (χ1n) is 7.31. The Morgan fingerprint density at radius 3 is 2.62 bits per heavy atom. The van der Waals surface area contributed by atoms with Gasteiger partial charge in [0.25, 0.3) is 0 Å². The number of Topliss-reactive ketones (excluding diaryl/α,β-unsaturated/α-hetero) is 1. The Bertz CT molecular complexity index is 556. The summed E-state index contributed by atoms with van der Waals surface area (Å²) in [6.07, 6.45) is 3.13. The van der Waals surface area contributed by atoms with Crippen molar-refractivity contribution in [2.75, 3.05) is 12.3 Å². The van der Waals surface area contributed by atoms with E-state index in [0.717, 1.165) is 30.8 Å². The number of thioether (sulfide) groups is 1. The average Bonchev–Trinajstić information content (AvgIpc) is 3.26. The summed E-state index contributed by atoms with van der Waals surface area (Å²) in [6.45, 7) is 6.04. The van der Waals surface area contributed by atoms with Crippen molar-refractivity contribution in [3.8, 4) is 0 Å². The first-order chi connectivity index (χ1) is 10.0. The molecule has 1 N–H and O–H groups in total. The van der Waals surface area contributed by atoms with Crippen LogP contribution in [0.5, 0.6) is 0 Å². The van der Waals surface area contributed by atoms with Crippen molar-refractivity contribution in [1.82, 2.24) is 15.3 Å². The van der Waals surface area contributed by atoms with E-state index in [4.69, 9.17) is 0 Å². The van der Waals surface area contributed by atoms with Crippen molar-refractivity contribution < 1.29 is 9.59 Å². The van der Waals surface area contributed by atoms with E-state index in [1.165, 1.54) is 18.7 Å². The number of nitrogens with zero attached hydrogens (tertiary/aromatic N) is 2. The minimum absolute atomic E-state index is 0.0272. The molecule has 1 aromatic rings. The molecule has 1 fully saturated rings. The first-order valence-corrected chi connectivity index (χ1v) is 8.30. The zero-order valence-electron chi connectivity index (χ0n) is 12.7. The van der Waals surface area contributed by atoms with Crippen molar-refractivity contribution in [2.24, 2.45) is 0 Å². The van der Waals surface area contributed by atoms with Crippen LogP contribution < -0.4 is 5.32 Å². The summed E-state index contributed by atoms with van der Waals surface area (Å²) in [7, 11) is 0. The summed E-state index contributed by atoms with van der Waals surface area (Å²) in [4.78, 5) is 32.5. The number of amides is 1. The van der Waals surface area contributed by atoms with Crippen LogP contribution in [-0.4, -0.2) is 34.0 Å². The molecule has 1 heterocycles. The van der Waals surface area contributed by atoms with E-state index >= 15 is 0 Å². The molecule has 0 aromatic carbocycles. The Kier molecular flexibility index (Phi) is 5.33. The predicted molar refractivity (Wildman–Crippen MR) is 82.8 cm³/mol. The third kappa shape index (κ3) is 4.27. The maximum Gasteiger partial charge on any atom is 0.230 e. The molecule has 1 aliphatic carbocycles. The molecule has 1 aromatic heterocycles. The van der Waals surface area contributed by atoms with Crippen molar-refractivity contribution in [1.29, 1.82) is 0 Å². The van der Waals surface area contributed by atoms with Crippen LogP contribution in [0.2, 0.25) is 0 Å². The van der Waals surface area contributed by atoms with Gasteiger partial charge in [0.15, 0.2) is 5.78 Å². The molecular formula is C15H21N3O2S. The Morgan fingerprint density at radius 1 is 1.33 bits per heavy atom. The van der Waals surface area contributed by atoms with Gasteiger partial charge >= 0.3 is 0 Å². The lowest BCUT2D eigenvalue weighted by Gasteiger charge is -2.10. The molecular weight excluding hydrogens is 286 g/mol. The highest BCUT2D eigenvalue weighted by Gasteiger charge is 2.28. The molecule has 0 saturated heterocycles. The van der Waals surface area contributed by atoms with Crippen LogP contribution in [0.4, 0.5) is 0 Å². The third-order valence-electron chi connectivity index (χ3n) is 3.28. The average molecular weight is 307 g/mol. The second-order valence-corrected chi connectivity index (χ2v) is 6.28. The molecule has 21 heavy (non-hydrogen) atoms. The minimum atomic E-state index is -0.0497. The van der Waals surface area contributed by atoms with Crippen LogP contribution in [-0.2, 0) is 4.79 Å². The van der Waals surface area contributed by atoms with Gasteiger partial charge in [0, 0.05) is 12.5 Å². The van der Waals surface area contributed by atoms with Crippen molar-refractivity contribution in [2.45, 2.75) is 51.0 Å². The second kappa shape index (κ2) is 7.02. The van der Waals surface area contributed by atoms with Crippen molar-refractivity contribution >= 4 is 23.5 Å². The number of aromatic nitrogens is 2. The number of ketones is 1. The van der Waals surface area contributed by atoms with Gasteiger partial charge in [-0.15, -0.1) is 0 Å². The number of carbonyl (C=O) groups is 2. The van der Waals surface area contributed by atoms with Crippen LogP contribution in [0.3, 0.4) is 0 Å². The minimum Gasteiger partial charge on any atom is -0.355 e. The maximum absolute atomic E-state index is 11.8. The van der Waals surface area contributed by atoms with E-state index in [2.05, 4.69) is 15.3 Å². The van der Waals surface area contributed by atoms with Gasteiger partial charge < -0.3 is 5.32 Å². The maximum atomic E-state index is 11.8. The lowest BCUT2D eigenvalue weighted by Crippen LogP contribution is -2.25. The van der Waals surface area contributed by atoms with E-state index in [-0.39, 0.29) is 17.4 Å². The lowest BCUT2D eigenvalue weighted by atomic mass is 10.2. The largest absolute Gasteiger partial charge is 0.355 e. The number of carbonyl (C=O) groups excluding carboxylic acids is 2. The van der Waals surface area contributed by atoms with E-state index in [1.54, 1.807) is 0 Å². The van der Waals surface area contributed by atoms with E-state index in [0.29, 0.717) is 23.1 Å². The van der Waals surface area contributed by atoms with Gasteiger partial charge in [0.2, 0.25) is 5.91 Å². The highest BCUT2D eigenvalue weighted by Crippen LogP contribution is 2.39. The van der Waals surface area contributed by atoms with Gasteiger partial charge in [-0.25, -0.2) is 9.97 Å². The SMILES string of the molecule is CCCNC(=O)CSc1nc(C2CC2)nc(C)c1C(C)=O. The van der Waals surface area contributed by atoms with Gasteiger partial charge in [0.1, 0.15) is 10.9 Å². The molecule has 1 aliphatic rings. The number of nitrogens with one attached hydrogen (secondary N) is 1. The summed E-state index contributed by atoms with van der Waals surface area (Å²) < 4.78 is 0. The Hall–Kier alpha value is -1.43. The molecule has 0 aliphatic heterocycles. The van der Waals surface area contributed by atoms with Crippen molar-refractivity contribution in [3.05, 3.63) is 17.1 Å². The highest BCUT2D eigenvalue weighted by atomic mass is 32.2. The third-order valence-corrected chi connectivity index (χ3v) is 4.26. The normalized spacial score (nSPS) is 14.0. The van der Waals surface area contributed by atoms with Gasteiger partial charge in [-0.1, -0.05) is 18.7 Å². The summed E-state index contributed by atoms with van der Waals surface area (Å²) in [5, 5.41) is 3.47. The zero-order chi connectivity index (χ0) is 15.4. The fourth-order valence-corrected chi connectivity index (χ4v) is 3.01. The van der Waals surface area contributed by atoms with Crippen LogP contribution >= 0.6 is 11.8 Å². The summed E-state index contributed by atoms with van der Waals surface area (Å²) in [5.41, 5.74) is 1.27. The molecule has 0 unspecified atom stereocenters. The molecule has 0 atom stereocenters. The summed E-state index contributed by atoms with van der Waals surface area (Å²) in [5.74, 6) is 1.44. The molecule has 5 nitrogen and oxygen atoms in total. The second-order valence-electron chi connectivity index (χ2n) is 5.32. The fraction of sp³-hybridized carbons (Fsp3) is 0.600. The standard InChI is InChI=1S/C15H21N3O2S/c1-4-7-16-12(20)8-21-15-13(10(3)19)9(2)17-14(18-15)11-5-6-11/h11H,4-8H2,1-3H3,(H,16,20). The smallest absolute Gasteiger partial charge is 0.230 e. The molecule has 114 valence electrons. The molecule has 0 spiro atoms. The van der Waals surface area contributed by atoms with Gasteiger partial charge in [-0.2, -0.15) is 0 Å². The van der Waals surface area contributed by atoms with Crippen LogP contribution in [0, 0.1) is 6.92 Å². The Morgan fingerprint density at radius 2 is 2.05 bits per heavy atom. The first kappa shape index (κ1) is 15.9. The number of hydrogen-bond donors (Lipinski definition) is 1. The summed E-state index contributed by atoms with van der Waals surface area (Å²) in [6, 6.07) is 0. The molecule has 1 saturated carbocycles. The van der Waals surface area contributed by atoms with Crippen LogP contribution in [0.15, 0.2) is 5.03 Å². The fourth-order valence-electron chi connectivity index (χ4n) is 2.05. The summed E-state index contributed by atoms with van der Waals surface area (Å²) >= 11 is 1.32. The molecule has 1 amide bonds. The van der Waals surface area contributed by atoms with Gasteiger partial charge in [-0.05, 0) is 33.1 Å². The number of aryl methyl sites for hydroxylation is 1. The van der Waals surface area contributed by atoms with Crippen molar-refractivity contribution in [3.63, 3.8) is 0 Å². The quantitative estimate of drug-likeness (QED) is 0.476. The van der Waals surface area contributed by atoms with Crippen LogP contribution in [0.1, 0.15) is 60.9 Å². The zero-order valence-corrected chi connectivity index (χ0v) is 13.5. The number of hydrogen-bond acceptors (Lipinski definition) is 5. The molecule has 0 radical (unpaired) electrons. The molecule has 0 bridgehead atoms. The Balaban J connectivity index is 2.15. The molecule has 2 rings (SSSR count). The molecule has 6 heteroatoms. The van der Waals surface area contributed by atoms with Gasteiger partial charge in [0.05, 0.1) is 17.0 Å². The van der Waals surface area contributed by atoms with E-state index < -0.39 is 0 Å². The van der Waals surface area contributed by atoms with Crippen LogP contribution in [0.25, 0.3) is 0 Å². The van der Waals surface area contributed by atoms with Gasteiger partial charge in [-0.3, -0.25) is 9.59 Å². The predicted octanol–water partition coefficient (Wildman–Crippen LogP) is 2.48. The number of rotatable bonds is 7.